The van der Waals surface area contributed by atoms with E-state index in [-0.39, 0.29) is 27.6 Å². The Labute approximate surface area is 208 Å². The van der Waals surface area contributed by atoms with Gasteiger partial charge in [0.15, 0.2) is 5.78 Å². The Morgan fingerprint density at radius 3 is 2.47 bits per heavy atom. The molecule has 178 valence electrons. The van der Waals surface area contributed by atoms with E-state index in [0.717, 1.165) is 16.2 Å². The molecule has 6 rings (SSSR count). The fraction of sp³-hybridized carbons (Fsp3) is 0.154. The summed E-state index contributed by atoms with van der Waals surface area (Å²) in [7, 11) is 1.22. The van der Waals surface area contributed by atoms with E-state index in [9.17, 15) is 24.3 Å². The molecule has 3 aliphatic rings. The second-order valence-electron chi connectivity index (χ2n) is 8.45. The largest absolute Gasteiger partial charge is 0.506 e. The van der Waals surface area contributed by atoms with Gasteiger partial charge in [-0.1, -0.05) is 30.3 Å². The zero-order valence-electron chi connectivity index (χ0n) is 18.7. The van der Waals surface area contributed by atoms with Crippen molar-refractivity contribution in [1.82, 2.24) is 4.98 Å². The summed E-state index contributed by atoms with van der Waals surface area (Å²) in [6.07, 6.45) is 1.55. The predicted octanol–water partition coefficient (Wildman–Crippen LogP) is 3.40. The number of hydrogen-bond acceptors (Lipinski definition) is 9. The zero-order valence-corrected chi connectivity index (χ0v) is 19.6. The summed E-state index contributed by atoms with van der Waals surface area (Å²) in [6.45, 7) is 0. The number of carbonyl (C=O) groups excluding carboxylic acids is 4. The number of imide groups is 1. The van der Waals surface area contributed by atoms with Crippen molar-refractivity contribution in [2.75, 3.05) is 12.0 Å². The molecular weight excluding hydrogens is 482 g/mol. The van der Waals surface area contributed by atoms with E-state index in [1.54, 1.807) is 54.0 Å². The maximum atomic E-state index is 13.8. The van der Waals surface area contributed by atoms with Gasteiger partial charge in [0.05, 0.1) is 41.6 Å². The molecule has 1 N–H and O–H groups in total. The number of thiophene rings is 1. The van der Waals surface area contributed by atoms with Crippen LogP contribution in [0.15, 0.2) is 70.7 Å². The number of hydrogen-bond donors (Lipinski definition) is 1. The van der Waals surface area contributed by atoms with E-state index in [0.29, 0.717) is 16.8 Å². The molecule has 1 fully saturated rings. The Balaban J connectivity index is 1.51. The molecule has 1 aromatic carbocycles. The monoisotopic (exact) mass is 499 g/mol. The van der Waals surface area contributed by atoms with Gasteiger partial charge in [0.2, 0.25) is 11.8 Å². The van der Waals surface area contributed by atoms with Gasteiger partial charge in [-0.2, -0.15) is 0 Å². The van der Waals surface area contributed by atoms with Crippen molar-refractivity contribution in [1.29, 1.82) is 0 Å². The number of nitrogens with zero attached hydrogens (tertiary/aromatic N) is 3. The lowest BCUT2D eigenvalue weighted by atomic mass is 9.84. The lowest BCUT2D eigenvalue weighted by Crippen LogP contribution is -2.34. The van der Waals surface area contributed by atoms with E-state index in [1.807, 2.05) is 0 Å². The molecule has 1 saturated heterocycles. The number of aromatic nitrogens is 1. The molecule has 0 bridgehead atoms. The standard InChI is InChI=1S/C26H17N3O6S/c1-35-26(34)23-15(9-11-36-23)29-24(32)16-17(25(29)33)20(28-19(16)14-8-4-5-10-27-14)18-21(30)12-6-2-3-7-13(12)22(18)31/h2-11,16-17,19,30H,1H3/t16-,17+,19-/m1/s1. The summed E-state index contributed by atoms with van der Waals surface area (Å²) in [5, 5.41) is 12.6. The number of esters is 1. The minimum atomic E-state index is -1.13. The Morgan fingerprint density at radius 1 is 1.03 bits per heavy atom. The van der Waals surface area contributed by atoms with Crippen LogP contribution >= 0.6 is 11.3 Å². The van der Waals surface area contributed by atoms with Crippen LogP contribution in [0.2, 0.25) is 0 Å². The number of aliphatic imine (C=N–C) groups is 1. The van der Waals surface area contributed by atoms with E-state index >= 15 is 0 Å². The van der Waals surface area contributed by atoms with Crippen molar-refractivity contribution in [2.24, 2.45) is 16.8 Å². The number of carbonyl (C=O) groups is 4. The molecule has 1 aliphatic carbocycles. The molecule has 0 saturated carbocycles. The fourth-order valence-corrected chi connectivity index (χ4v) is 5.89. The molecule has 0 spiro atoms. The van der Waals surface area contributed by atoms with Crippen LogP contribution in [-0.2, 0) is 14.3 Å². The molecule has 36 heavy (non-hydrogen) atoms. The minimum absolute atomic E-state index is 0.0463. The van der Waals surface area contributed by atoms with Crippen LogP contribution in [0, 0.1) is 11.8 Å². The van der Waals surface area contributed by atoms with Crippen molar-refractivity contribution in [3.63, 3.8) is 0 Å². The number of rotatable bonds is 4. The summed E-state index contributed by atoms with van der Waals surface area (Å²) in [6, 6.07) is 12.4. The number of anilines is 1. The zero-order chi connectivity index (χ0) is 25.1. The van der Waals surface area contributed by atoms with Crippen molar-refractivity contribution in [3.05, 3.63) is 87.4 Å². The molecule has 0 unspecified atom stereocenters. The van der Waals surface area contributed by atoms with Gasteiger partial charge in [0.1, 0.15) is 16.7 Å². The van der Waals surface area contributed by atoms with E-state index in [1.165, 1.54) is 13.2 Å². The first-order valence-corrected chi connectivity index (χ1v) is 11.9. The van der Waals surface area contributed by atoms with Crippen LogP contribution in [0.25, 0.3) is 5.76 Å². The normalized spacial score (nSPS) is 22.7. The predicted molar refractivity (Wildman–Crippen MR) is 130 cm³/mol. The first kappa shape index (κ1) is 22.1. The number of aliphatic hydroxyl groups excluding tert-OH is 1. The van der Waals surface area contributed by atoms with E-state index < -0.39 is 41.4 Å². The van der Waals surface area contributed by atoms with Gasteiger partial charge in [-0.3, -0.25) is 24.4 Å². The molecule has 2 amide bonds. The lowest BCUT2D eigenvalue weighted by molar-refractivity contribution is -0.122. The third-order valence-corrected chi connectivity index (χ3v) is 7.54. The number of amides is 2. The summed E-state index contributed by atoms with van der Waals surface area (Å²) >= 11 is 1.05. The van der Waals surface area contributed by atoms with E-state index in [2.05, 4.69) is 9.98 Å². The average Bonchev–Trinajstić information content (AvgIpc) is 3.64. The molecule has 0 radical (unpaired) electrons. The van der Waals surface area contributed by atoms with Gasteiger partial charge in [0, 0.05) is 17.3 Å². The quantitative estimate of drug-likeness (QED) is 0.431. The maximum absolute atomic E-state index is 13.8. The fourth-order valence-electron chi connectivity index (χ4n) is 5.09. The molecular formula is C26H17N3O6S. The Morgan fingerprint density at radius 2 is 1.78 bits per heavy atom. The molecule has 2 aromatic heterocycles. The number of fused-ring (bicyclic) bond motifs is 2. The lowest BCUT2D eigenvalue weighted by Gasteiger charge is -2.18. The summed E-state index contributed by atoms with van der Waals surface area (Å²) in [5.41, 5.74) is 1.17. The topological polar surface area (TPSA) is 126 Å². The van der Waals surface area contributed by atoms with Crippen molar-refractivity contribution in [2.45, 2.75) is 6.04 Å². The first-order chi connectivity index (χ1) is 17.4. The highest BCUT2D eigenvalue weighted by molar-refractivity contribution is 7.12. The van der Waals surface area contributed by atoms with Gasteiger partial charge in [-0.25, -0.2) is 9.69 Å². The molecule has 4 heterocycles. The highest BCUT2D eigenvalue weighted by atomic mass is 32.1. The van der Waals surface area contributed by atoms with Crippen molar-refractivity contribution < 1.29 is 29.0 Å². The SMILES string of the molecule is COC(=O)c1sccc1N1C(=O)[C@@H]2C(C3=C(O)c4ccccc4C3=O)=N[C@H](c3ccccn3)[C@@H]2C1=O. The summed E-state index contributed by atoms with van der Waals surface area (Å²) < 4.78 is 4.82. The van der Waals surface area contributed by atoms with Crippen LogP contribution in [0.3, 0.4) is 0 Å². The van der Waals surface area contributed by atoms with Gasteiger partial charge in [-0.15, -0.1) is 11.3 Å². The second-order valence-corrected chi connectivity index (χ2v) is 9.37. The Kier molecular flexibility index (Phi) is 4.94. The number of ether oxygens (including phenoxy) is 1. The highest BCUT2D eigenvalue weighted by Gasteiger charge is 2.60. The van der Waals surface area contributed by atoms with Crippen LogP contribution in [0.5, 0.6) is 0 Å². The average molecular weight is 500 g/mol. The van der Waals surface area contributed by atoms with Gasteiger partial charge in [-0.05, 0) is 23.6 Å². The van der Waals surface area contributed by atoms with Crippen molar-refractivity contribution in [3.8, 4) is 0 Å². The number of pyridine rings is 1. The van der Waals surface area contributed by atoms with E-state index in [4.69, 9.17) is 4.74 Å². The molecule has 9 nitrogen and oxygen atoms in total. The molecule has 10 heteroatoms. The van der Waals surface area contributed by atoms with Crippen LogP contribution in [0.1, 0.15) is 37.3 Å². The second kappa shape index (κ2) is 8.06. The van der Waals surface area contributed by atoms with Crippen molar-refractivity contribution >= 4 is 52.1 Å². The first-order valence-electron chi connectivity index (χ1n) is 11.0. The Hall–Kier alpha value is -4.44. The van der Waals surface area contributed by atoms with Crippen LogP contribution in [0.4, 0.5) is 5.69 Å². The van der Waals surface area contributed by atoms with Gasteiger partial charge < -0.3 is 9.84 Å². The highest BCUT2D eigenvalue weighted by Crippen LogP contribution is 2.49. The summed E-state index contributed by atoms with van der Waals surface area (Å²) in [5.74, 6) is -4.74. The number of benzene rings is 1. The minimum Gasteiger partial charge on any atom is -0.506 e. The number of allylic oxidation sites excluding steroid dienone is 1. The number of methoxy groups -OCH3 is 1. The van der Waals surface area contributed by atoms with Gasteiger partial charge in [0.25, 0.3) is 0 Å². The smallest absolute Gasteiger partial charge is 0.350 e. The number of ketones is 1. The number of aliphatic hydroxyl groups is 1. The maximum Gasteiger partial charge on any atom is 0.350 e. The Bertz CT molecular complexity index is 1540. The molecule has 3 atom stereocenters. The third-order valence-electron chi connectivity index (χ3n) is 6.66. The molecule has 2 aliphatic heterocycles. The van der Waals surface area contributed by atoms with Gasteiger partial charge >= 0.3 is 5.97 Å². The summed E-state index contributed by atoms with van der Waals surface area (Å²) in [4.78, 5) is 63.3. The van der Waals surface area contributed by atoms with Crippen LogP contribution < -0.4 is 4.90 Å². The van der Waals surface area contributed by atoms with Crippen LogP contribution in [-0.4, -0.2) is 46.5 Å². The molecule has 3 aromatic rings. The third kappa shape index (κ3) is 2.94. The number of Topliss-reactive ketones (excluding diaryl/α,β-unsaturated/α-hetero) is 1.